The van der Waals surface area contributed by atoms with E-state index in [1.807, 2.05) is 6.92 Å². The molecule has 2 N–H and O–H groups in total. The van der Waals surface area contributed by atoms with Crippen molar-refractivity contribution in [3.8, 4) is 5.75 Å². The smallest absolute Gasteiger partial charge is 0.223 e. The Morgan fingerprint density at radius 2 is 2.20 bits per heavy atom. The van der Waals surface area contributed by atoms with E-state index < -0.39 is 17.7 Å². The summed E-state index contributed by atoms with van der Waals surface area (Å²) in [4.78, 5) is 11.5. The number of carbonyl (C=O) groups is 1. The zero-order valence-electron chi connectivity index (χ0n) is 11.1. The summed E-state index contributed by atoms with van der Waals surface area (Å²) in [6.45, 7) is 1.96. The van der Waals surface area contributed by atoms with Gasteiger partial charge < -0.3 is 15.2 Å². The second kappa shape index (κ2) is 6.17. The normalized spacial score (nSPS) is 22.2. The molecule has 0 spiro atoms. The number of rotatable bonds is 6. The summed E-state index contributed by atoms with van der Waals surface area (Å²) in [5.41, 5.74) is 0. The van der Waals surface area contributed by atoms with E-state index >= 15 is 0 Å². The van der Waals surface area contributed by atoms with Gasteiger partial charge in [-0.3, -0.25) is 4.79 Å². The molecule has 1 saturated carbocycles. The molecule has 110 valence electrons. The summed E-state index contributed by atoms with van der Waals surface area (Å²) < 4.78 is 30.7. The fraction of sp³-hybridized carbons (Fsp3) is 0.500. The van der Waals surface area contributed by atoms with E-state index in [2.05, 4.69) is 5.32 Å². The van der Waals surface area contributed by atoms with Crippen LogP contribution in [0.5, 0.6) is 5.75 Å². The molecule has 0 saturated heterocycles. The van der Waals surface area contributed by atoms with Crippen molar-refractivity contribution in [2.45, 2.75) is 19.4 Å². The Morgan fingerprint density at radius 3 is 2.80 bits per heavy atom. The standard InChI is InChI=1S/C14H17F2NO3/c1-8-4-11(8)14(19)17-6-9(18)7-20-10-2-3-12(15)13(16)5-10/h2-3,5,8-9,11,18H,4,6-7H2,1H3,(H,17,19). The molecule has 0 radical (unpaired) electrons. The molecule has 0 bridgehead atoms. The Morgan fingerprint density at radius 1 is 1.50 bits per heavy atom. The first-order chi connectivity index (χ1) is 9.47. The van der Waals surface area contributed by atoms with E-state index in [1.54, 1.807) is 0 Å². The average Bonchev–Trinajstić information content (AvgIpc) is 3.14. The van der Waals surface area contributed by atoms with Crippen molar-refractivity contribution in [1.29, 1.82) is 0 Å². The third kappa shape index (κ3) is 3.90. The zero-order valence-corrected chi connectivity index (χ0v) is 11.1. The number of nitrogens with one attached hydrogen (secondary N) is 1. The molecule has 1 aromatic carbocycles. The molecule has 1 aliphatic carbocycles. The Bertz CT molecular complexity index is 495. The summed E-state index contributed by atoms with van der Waals surface area (Å²) in [6, 6.07) is 3.13. The summed E-state index contributed by atoms with van der Waals surface area (Å²) in [5, 5.41) is 12.3. The molecule has 0 aromatic heterocycles. The third-order valence-electron chi connectivity index (χ3n) is 3.29. The molecule has 3 atom stereocenters. The second-order valence-electron chi connectivity index (χ2n) is 5.11. The molecular weight excluding hydrogens is 268 g/mol. The van der Waals surface area contributed by atoms with Gasteiger partial charge in [-0.2, -0.15) is 0 Å². The Kier molecular flexibility index (Phi) is 4.54. The number of benzene rings is 1. The van der Waals surface area contributed by atoms with Crippen LogP contribution in [0.4, 0.5) is 8.78 Å². The number of halogens is 2. The van der Waals surface area contributed by atoms with Crippen LogP contribution in [0.3, 0.4) is 0 Å². The zero-order chi connectivity index (χ0) is 14.7. The van der Waals surface area contributed by atoms with Gasteiger partial charge in [-0.05, 0) is 24.5 Å². The highest BCUT2D eigenvalue weighted by atomic mass is 19.2. The number of aliphatic hydroxyl groups is 1. The molecule has 20 heavy (non-hydrogen) atoms. The van der Waals surface area contributed by atoms with E-state index in [9.17, 15) is 18.7 Å². The lowest BCUT2D eigenvalue weighted by molar-refractivity contribution is -0.123. The van der Waals surface area contributed by atoms with Gasteiger partial charge in [0.2, 0.25) is 5.91 Å². The second-order valence-corrected chi connectivity index (χ2v) is 5.11. The van der Waals surface area contributed by atoms with E-state index in [0.29, 0.717) is 5.92 Å². The summed E-state index contributed by atoms with van der Waals surface area (Å²) >= 11 is 0. The number of ether oxygens (including phenoxy) is 1. The fourth-order valence-corrected chi connectivity index (χ4v) is 1.85. The van der Waals surface area contributed by atoms with Crippen molar-refractivity contribution < 1.29 is 23.4 Å². The van der Waals surface area contributed by atoms with Gasteiger partial charge in [0.25, 0.3) is 0 Å². The van der Waals surface area contributed by atoms with Gasteiger partial charge in [-0.15, -0.1) is 0 Å². The molecular formula is C14H17F2NO3. The lowest BCUT2D eigenvalue weighted by Gasteiger charge is -2.13. The molecule has 3 unspecified atom stereocenters. The lowest BCUT2D eigenvalue weighted by Crippen LogP contribution is -2.36. The SMILES string of the molecule is CC1CC1C(=O)NCC(O)COc1ccc(F)c(F)c1. The van der Waals surface area contributed by atoms with Crippen LogP contribution in [0.1, 0.15) is 13.3 Å². The first-order valence-corrected chi connectivity index (χ1v) is 6.51. The van der Waals surface area contributed by atoms with Crippen molar-refractivity contribution in [2.75, 3.05) is 13.2 Å². The third-order valence-corrected chi connectivity index (χ3v) is 3.29. The monoisotopic (exact) mass is 285 g/mol. The topological polar surface area (TPSA) is 58.6 Å². The minimum absolute atomic E-state index is 0.0503. The Balaban J connectivity index is 1.70. The van der Waals surface area contributed by atoms with Gasteiger partial charge in [0.15, 0.2) is 11.6 Å². The number of hydrogen-bond acceptors (Lipinski definition) is 3. The quantitative estimate of drug-likeness (QED) is 0.832. The highest BCUT2D eigenvalue weighted by Crippen LogP contribution is 2.37. The first kappa shape index (κ1) is 14.7. The number of carbonyl (C=O) groups excluding carboxylic acids is 1. The minimum atomic E-state index is -1.01. The van der Waals surface area contributed by atoms with Crippen molar-refractivity contribution in [1.82, 2.24) is 5.32 Å². The maximum Gasteiger partial charge on any atom is 0.223 e. The van der Waals surface area contributed by atoms with Crippen molar-refractivity contribution in [3.63, 3.8) is 0 Å². The van der Waals surface area contributed by atoms with Crippen molar-refractivity contribution in [2.24, 2.45) is 11.8 Å². The molecule has 1 aromatic rings. The maximum absolute atomic E-state index is 12.9. The number of aliphatic hydroxyl groups excluding tert-OH is 1. The van der Waals surface area contributed by atoms with E-state index in [1.165, 1.54) is 6.07 Å². The predicted molar refractivity (Wildman–Crippen MR) is 68.1 cm³/mol. The largest absolute Gasteiger partial charge is 0.491 e. The Labute approximate surface area is 115 Å². The molecule has 2 rings (SSSR count). The van der Waals surface area contributed by atoms with Crippen LogP contribution in [0.2, 0.25) is 0 Å². The van der Waals surface area contributed by atoms with Crippen molar-refractivity contribution in [3.05, 3.63) is 29.8 Å². The molecule has 1 fully saturated rings. The molecule has 4 nitrogen and oxygen atoms in total. The Hall–Kier alpha value is -1.69. The van der Waals surface area contributed by atoms with Gasteiger partial charge in [-0.25, -0.2) is 8.78 Å². The average molecular weight is 285 g/mol. The van der Waals surface area contributed by atoms with Crippen LogP contribution in [-0.2, 0) is 4.79 Å². The fourth-order valence-electron chi connectivity index (χ4n) is 1.85. The van der Waals surface area contributed by atoms with Gasteiger partial charge in [0.1, 0.15) is 18.5 Å². The summed E-state index contributed by atoms with van der Waals surface area (Å²) in [7, 11) is 0. The van der Waals surface area contributed by atoms with Gasteiger partial charge >= 0.3 is 0 Å². The maximum atomic E-state index is 12.9. The molecule has 0 aliphatic heterocycles. The van der Waals surface area contributed by atoms with Crippen molar-refractivity contribution >= 4 is 5.91 Å². The van der Waals surface area contributed by atoms with Crippen LogP contribution in [0.15, 0.2) is 18.2 Å². The van der Waals surface area contributed by atoms with Crippen LogP contribution in [-0.4, -0.2) is 30.3 Å². The van der Waals surface area contributed by atoms with Crippen LogP contribution < -0.4 is 10.1 Å². The summed E-state index contributed by atoms with van der Waals surface area (Å²) in [6.07, 6.45) is -0.0195. The molecule has 6 heteroatoms. The summed E-state index contributed by atoms with van der Waals surface area (Å²) in [5.74, 6) is -1.44. The molecule has 0 heterocycles. The van der Waals surface area contributed by atoms with Gasteiger partial charge in [0, 0.05) is 18.5 Å². The van der Waals surface area contributed by atoms with E-state index in [4.69, 9.17) is 4.74 Å². The number of amides is 1. The van der Waals surface area contributed by atoms with Gasteiger partial charge in [0.05, 0.1) is 0 Å². The molecule has 1 aliphatic rings. The first-order valence-electron chi connectivity index (χ1n) is 6.51. The van der Waals surface area contributed by atoms with E-state index in [-0.39, 0.29) is 30.7 Å². The van der Waals surface area contributed by atoms with Gasteiger partial charge in [-0.1, -0.05) is 6.92 Å². The minimum Gasteiger partial charge on any atom is -0.491 e. The lowest BCUT2D eigenvalue weighted by atomic mass is 10.3. The number of hydrogen-bond donors (Lipinski definition) is 2. The highest BCUT2D eigenvalue weighted by molar-refractivity contribution is 5.81. The van der Waals surface area contributed by atoms with E-state index in [0.717, 1.165) is 18.6 Å². The van der Waals surface area contributed by atoms with Crippen LogP contribution >= 0.6 is 0 Å². The predicted octanol–water partition coefficient (Wildman–Crippen LogP) is 1.48. The molecule has 1 amide bonds. The highest BCUT2D eigenvalue weighted by Gasteiger charge is 2.38. The van der Waals surface area contributed by atoms with Crippen LogP contribution in [0, 0.1) is 23.5 Å². The van der Waals surface area contributed by atoms with Crippen LogP contribution in [0.25, 0.3) is 0 Å².